The molecule has 4 rings (SSSR count). The molecular formula is C21H18N2O5S. The van der Waals surface area contributed by atoms with Gasteiger partial charge in [-0.05, 0) is 66.8 Å². The third-order valence-electron chi connectivity index (χ3n) is 4.46. The highest BCUT2D eigenvalue weighted by Crippen LogP contribution is 2.30. The highest BCUT2D eigenvalue weighted by Gasteiger charge is 2.18. The van der Waals surface area contributed by atoms with Crippen molar-refractivity contribution in [3.8, 4) is 11.5 Å². The number of nitrogens with zero attached hydrogens (tertiary/aromatic N) is 1. The highest BCUT2D eigenvalue weighted by atomic mass is 32.1. The van der Waals surface area contributed by atoms with Crippen molar-refractivity contribution in [2.24, 2.45) is 5.10 Å². The van der Waals surface area contributed by atoms with Crippen LogP contribution in [0.2, 0.25) is 0 Å². The Morgan fingerprint density at radius 1 is 1.21 bits per heavy atom. The van der Waals surface area contributed by atoms with Gasteiger partial charge in [-0.1, -0.05) is 0 Å². The number of thiophene rings is 1. The number of hydrazone groups is 1. The van der Waals surface area contributed by atoms with Gasteiger partial charge in [0, 0.05) is 4.88 Å². The summed E-state index contributed by atoms with van der Waals surface area (Å²) in [7, 11) is 1.47. The van der Waals surface area contributed by atoms with Crippen LogP contribution in [-0.2, 0) is 12.8 Å². The third-order valence-corrected chi connectivity index (χ3v) is 5.70. The molecule has 148 valence electrons. The van der Waals surface area contributed by atoms with Gasteiger partial charge in [-0.25, -0.2) is 10.2 Å². The van der Waals surface area contributed by atoms with E-state index < -0.39 is 5.97 Å². The molecule has 0 radical (unpaired) electrons. The SMILES string of the molecule is COc1cc(/C=N\NC(=O)c2cc3c(s2)CCC3)ccc1OC(=O)c1ccco1. The van der Waals surface area contributed by atoms with E-state index in [-0.39, 0.29) is 17.4 Å². The number of benzene rings is 1. The van der Waals surface area contributed by atoms with Crippen LogP contribution in [0.4, 0.5) is 0 Å². The van der Waals surface area contributed by atoms with Crippen molar-refractivity contribution in [2.75, 3.05) is 7.11 Å². The lowest BCUT2D eigenvalue weighted by atomic mass is 10.2. The van der Waals surface area contributed by atoms with Crippen LogP contribution in [0.1, 0.15) is 42.7 Å². The van der Waals surface area contributed by atoms with Crippen LogP contribution >= 0.6 is 11.3 Å². The van der Waals surface area contributed by atoms with E-state index in [9.17, 15) is 9.59 Å². The minimum atomic E-state index is -0.621. The fourth-order valence-corrected chi connectivity index (χ4v) is 4.20. The minimum Gasteiger partial charge on any atom is -0.493 e. The number of esters is 1. The molecule has 0 aliphatic heterocycles. The molecule has 1 aliphatic carbocycles. The van der Waals surface area contributed by atoms with Gasteiger partial charge in [-0.15, -0.1) is 11.3 Å². The maximum absolute atomic E-state index is 12.2. The van der Waals surface area contributed by atoms with Crippen LogP contribution in [0.5, 0.6) is 11.5 Å². The largest absolute Gasteiger partial charge is 0.493 e. The first-order valence-electron chi connectivity index (χ1n) is 9.03. The number of amides is 1. The van der Waals surface area contributed by atoms with Crippen molar-refractivity contribution in [3.63, 3.8) is 0 Å². The molecule has 0 saturated heterocycles. The summed E-state index contributed by atoms with van der Waals surface area (Å²) >= 11 is 1.53. The number of aryl methyl sites for hydroxylation is 2. The average molecular weight is 410 g/mol. The summed E-state index contributed by atoms with van der Waals surface area (Å²) in [4.78, 5) is 26.2. The fourth-order valence-electron chi connectivity index (χ4n) is 3.06. The molecule has 0 unspecified atom stereocenters. The molecule has 0 bridgehead atoms. The number of carbonyl (C=O) groups excluding carboxylic acids is 2. The van der Waals surface area contributed by atoms with Crippen LogP contribution in [0.15, 0.2) is 52.2 Å². The molecule has 1 amide bonds. The lowest BCUT2D eigenvalue weighted by molar-refractivity contribution is 0.0696. The van der Waals surface area contributed by atoms with Gasteiger partial charge in [0.1, 0.15) is 0 Å². The second kappa shape index (κ2) is 8.32. The first kappa shape index (κ1) is 18.9. The van der Waals surface area contributed by atoms with Crippen molar-refractivity contribution in [1.29, 1.82) is 0 Å². The summed E-state index contributed by atoms with van der Waals surface area (Å²) in [5.41, 5.74) is 4.49. The highest BCUT2D eigenvalue weighted by molar-refractivity contribution is 7.14. The predicted octanol–water partition coefficient (Wildman–Crippen LogP) is 3.82. The molecule has 0 atom stereocenters. The smallest absolute Gasteiger partial charge is 0.379 e. The van der Waals surface area contributed by atoms with Crippen LogP contribution in [0, 0.1) is 0 Å². The Bertz CT molecular complexity index is 1050. The van der Waals surface area contributed by atoms with Gasteiger partial charge in [-0.3, -0.25) is 4.79 Å². The van der Waals surface area contributed by atoms with E-state index in [2.05, 4.69) is 10.5 Å². The summed E-state index contributed by atoms with van der Waals surface area (Å²) in [6.45, 7) is 0. The molecule has 2 heterocycles. The average Bonchev–Trinajstić information content (AvgIpc) is 3.46. The summed E-state index contributed by atoms with van der Waals surface area (Å²) in [5.74, 6) is -0.139. The van der Waals surface area contributed by atoms with E-state index in [0.29, 0.717) is 16.2 Å². The summed E-state index contributed by atoms with van der Waals surface area (Å²) in [6.07, 6.45) is 6.15. The Kier molecular flexibility index (Phi) is 5.44. The monoisotopic (exact) mass is 410 g/mol. The number of fused-ring (bicyclic) bond motifs is 1. The Hall–Kier alpha value is -3.39. The summed E-state index contributed by atoms with van der Waals surface area (Å²) in [5, 5.41) is 4.01. The topological polar surface area (TPSA) is 90.1 Å². The lowest BCUT2D eigenvalue weighted by Crippen LogP contribution is -2.16. The molecule has 0 saturated carbocycles. The maximum Gasteiger partial charge on any atom is 0.379 e. The first-order chi connectivity index (χ1) is 14.1. The fraction of sp³-hybridized carbons (Fsp3) is 0.190. The number of methoxy groups -OCH3 is 1. The molecule has 1 aliphatic rings. The van der Waals surface area contributed by atoms with Crippen molar-refractivity contribution in [3.05, 3.63) is 69.3 Å². The second-order valence-electron chi connectivity index (χ2n) is 6.39. The van der Waals surface area contributed by atoms with E-state index in [4.69, 9.17) is 13.9 Å². The molecular weight excluding hydrogens is 392 g/mol. The van der Waals surface area contributed by atoms with Gasteiger partial charge >= 0.3 is 5.97 Å². The third kappa shape index (κ3) is 4.22. The Morgan fingerprint density at radius 3 is 2.86 bits per heavy atom. The standard InChI is InChI=1S/C21H18N2O5S/c1-26-17-10-13(7-8-15(17)28-21(25)16-5-3-9-27-16)12-22-23-20(24)19-11-14-4-2-6-18(14)29-19/h3,5,7-12H,2,4,6H2,1H3,(H,23,24)/b22-12-. The van der Waals surface area contributed by atoms with Crippen LogP contribution in [0.25, 0.3) is 0 Å². The van der Waals surface area contributed by atoms with Crippen LogP contribution in [-0.4, -0.2) is 25.2 Å². The van der Waals surface area contributed by atoms with Gasteiger partial charge < -0.3 is 13.9 Å². The van der Waals surface area contributed by atoms with Crippen molar-refractivity contribution in [2.45, 2.75) is 19.3 Å². The Morgan fingerprint density at radius 2 is 2.10 bits per heavy atom. The van der Waals surface area contributed by atoms with Crippen molar-refractivity contribution in [1.82, 2.24) is 5.43 Å². The van der Waals surface area contributed by atoms with Crippen LogP contribution < -0.4 is 14.9 Å². The minimum absolute atomic E-state index is 0.0972. The second-order valence-corrected chi connectivity index (χ2v) is 7.53. The first-order valence-corrected chi connectivity index (χ1v) is 9.84. The number of hydrogen-bond acceptors (Lipinski definition) is 7. The molecule has 7 nitrogen and oxygen atoms in total. The van der Waals surface area contributed by atoms with E-state index in [1.165, 1.54) is 47.4 Å². The molecule has 3 aromatic rings. The Labute approximate surface area is 170 Å². The summed E-state index contributed by atoms with van der Waals surface area (Å²) < 4.78 is 15.6. The number of rotatable bonds is 6. The number of nitrogens with one attached hydrogen (secondary N) is 1. The van der Waals surface area contributed by atoms with E-state index in [1.807, 2.05) is 6.07 Å². The zero-order chi connectivity index (χ0) is 20.2. The molecule has 1 N–H and O–H groups in total. The molecule has 8 heteroatoms. The quantitative estimate of drug-likeness (QED) is 0.289. The van der Waals surface area contributed by atoms with E-state index >= 15 is 0 Å². The number of hydrogen-bond donors (Lipinski definition) is 1. The van der Waals surface area contributed by atoms with Gasteiger partial charge in [0.15, 0.2) is 11.5 Å². The molecule has 0 spiro atoms. The number of carbonyl (C=O) groups is 2. The van der Waals surface area contributed by atoms with Crippen molar-refractivity contribution < 1.29 is 23.5 Å². The van der Waals surface area contributed by atoms with Crippen molar-refractivity contribution >= 4 is 29.4 Å². The lowest BCUT2D eigenvalue weighted by Gasteiger charge is -2.08. The molecule has 0 fully saturated rings. The maximum atomic E-state index is 12.2. The van der Waals surface area contributed by atoms with Gasteiger partial charge in [-0.2, -0.15) is 5.10 Å². The number of ether oxygens (including phenoxy) is 2. The summed E-state index contributed by atoms with van der Waals surface area (Å²) in [6, 6.07) is 10.0. The molecule has 2 aromatic heterocycles. The van der Waals surface area contributed by atoms with E-state index in [0.717, 1.165) is 19.3 Å². The predicted molar refractivity (Wildman–Crippen MR) is 108 cm³/mol. The normalized spacial score (nSPS) is 12.7. The number of furan rings is 1. The van der Waals surface area contributed by atoms with E-state index in [1.54, 1.807) is 24.3 Å². The molecule has 1 aromatic carbocycles. The van der Waals surface area contributed by atoms with Crippen LogP contribution in [0.3, 0.4) is 0 Å². The zero-order valence-electron chi connectivity index (χ0n) is 15.6. The van der Waals surface area contributed by atoms with Gasteiger partial charge in [0.05, 0.1) is 24.5 Å². The Balaban J connectivity index is 1.40. The van der Waals surface area contributed by atoms with Gasteiger partial charge in [0.2, 0.25) is 5.76 Å². The molecule has 29 heavy (non-hydrogen) atoms. The van der Waals surface area contributed by atoms with Gasteiger partial charge in [0.25, 0.3) is 5.91 Å². The zero-order valence-corrected chi connectivity index (χ0v) is 16.5.